The number of amides is 1. The lowest BCUT2D eigenvalue weighted by molar-refractivity contribution is -0.116. The first kappa shape index (κ1) is 18.3. The number of carbonyl (C=O) groups excluding carboxylic acids is 1. The fourth-order valence-corrected chi connectivity index (χ4v) is 3.83. The Hall–Kier alpha value is -3.04. The second-order valence-electron chi connectivity index (χ2n) is 6.51. The van der Waals surface area contributed by atoms with Gasteiger partial charge in [-0.3, -0.25) is 4.79 Å². The van der Waals surface area contributed by atoms with Crippen LogP contribution >= 0.6 is 11.3 Å². The number of carbonyl (C=O) groups is 1. The molecular formula is C19H18FN5O2S. The fourth-order valence-electron chi connectivity index (χ4n) is 3.09. The Labute approximate surface area is 164 Å². The van der Waals surface area contributed by atoms with Gasteiger partial charge in [0.2, 0.25) is 5.91 Å². The van der Waals surface area contributed by atoms with Crippen LogP contribution in [0.3, 0.4) is 0 Å². The summed E-state index contributed by atoms with van der Waals surface area (Å²) in [5.74, 6) is 0.0913. The smallest absolute Gasteiger partial charge is 0.246 e. The van der Waals surface area contributed by atoms with Crippen LogP contribution in [0.5, 0.6) is 0 Å². The number of imidazole rings is 1. The van der Waals surface area contributed by atoms with Crippen LogP contribution in [0.4, 0.5) is 15.3 Å². The highest BCUT2D eigenvalue weighted by molar-refractivity contribution is 7.14. The molecule has 0 aliphatic carbocycles. The first-order valence-corrected chi connectivity index (χ1v) is 9.46. The van der Waals surface area contributed by atoms with Gasteiger partial charge >= 0.3 is 0 Å². The van der Waals surface area contributed by atoms with Gasteiger partial charge in [0.05, 0.1) is 17.7 Å². The van der Waals surface area contributed by atoms with Gasteiger partial charge in [-0.1, -0.05) is 0 Å². The number of benzene rings is 1. The normalized spacial score (nSPS) is 15.9. The highest BCUT2D eigenvalue weighted by Gasteiger charge is 2.25. The van der Waals surface area contributed by atoms with Crippen LogP contribution in [0.2, 0.25) is 0 Å². The van der Waals surface area contributed by atoms with Gasteiger partial charge in [0.1, 0.15) is 18.6 Å². The topological polar surface area (TPSA) is 83.3 Å². The summed E-state index contributed by atoms with van der Waals surface area (Å²) in [6.45, 7) is 1.95. The molecule has 144 valence electrons. The maximum Gasteiger partial charge on any atom is 0.246 e. The molecule has 3 aromatic rings. The molecule has 1 atom stereocenters. The molecular weight excluding hydrogens is 381 g/mol. The number of aliphatic hydroxyl groups excluding tert-OH is 1. The molecule has 7 nitrogen and oxygen atoms in total. The molecule has 1 aromatic carbocycles. The molecule has 0 fully saturated rings. The van der Waals surface area contributed by atoms with E-state index in [9.17, 15) is 14.3 Å². The molecule has 28 heavy (non-hydrogen) atoms. The summed E-state index contributed by atoms with van der Waals surface area (Å²) in [5, 5.41) is 15.1. The monoisotopic (exact) mass is 399 g/mol. The van der Waals surface area contributed by atoms with E-state index in [0.717, 1.165) is 16.8 Å². The number of hydrogen-bond acceptors (Lipinski definition) is 6. The third kappa shape index (κ3) is 3.41. The van der Waals surface area contributed by atoms with Crippen LogP contribution in [0.25, 0.3) is 16.8 Å². The van der Waals surface area contributed by atoms with E-state index >= 15 is 0 Å². The van der Waals surface area contributed by atoms with Crippen LogP contribution < -0.4 is 10.2 Å². The molecule has 0 spiro atoms. The second kappa shape index (κ2) is 7.17. The molecule has 1 aliphatic rings. The summed E-state index contributed by atoms with van der Waals surface area (Å²) in [5.41, 5.74) is 3.12. The number of likely N-dealkylation sites (N-methyl/N-ethyl adjacent to an activating group) is 1. The van der Waals surface area contributed by atoms with Gasteiger partial charge in [-0.25, -0.2) is 14.4 Å². The Kier molecular flexibility index (Phi) is 4.70. The molecule has 2 aromatic heterocycles. The average Bonchev–Trinajstić information content (AvgIpc) is 3.28. The van der Waals surface area contributed by atoms with E-state index in [2.05, 4.69) is 15.3 Å². The zero-order valence-electron chi connectivity index (χ0n) is 15.3. The molecule has 0 saturated heterocycles. The van der Waals surface area contributed by atoms with Crippen molar-refractivity contribution in [3.8, 4) is 11.3 Å². The number of aromatic nitrogens is 3. The summed E-state index contributed by atoms with van der Waals surface area (Å²) in [4.78, 5) is 22.8. The largest absolute Gasteiger partial charge is 0.370 e. The highest BCUT2D eigenvalue weighted by Crippen LogP contribution is 2.31. The van der Waals surface area contributed by atoms with Crippen molar-refractivity contribution in [3.63, 3.8) is 0 Å². The van der Waals surface area contributed by atoms with Crippen molar-refractivity contribution >= 4 is 33.8 Å². The Morgan fingerprint density at radius 2 is 2.11 bits per heavy atom. The Morgan fingerprint density at radius 3 is 2.86 bits per heavy atom. The summed E-state index contributed by atoms with van der Waals surface area (Å²) < 4.78 is 14.8. The van der Waals surface area contributed by atoms with E-state index in [1.165, 1.54) is 23.5 Å². The first-order chi connectivity index (χ1) is 13.4. The van der Waals surface area contributed by atoms with E-state index < -0.39 is 6.23 Å². The minimum atomic E-state index is -0.732. The molecule has 1 unspecified atom stereocenters. The van der Waals surface area contributed by atoms with Crippen molar-refractivity contribution in [3.05, 3.63) is 53.6 Å². The standard InChI is InChI=1S/C19H18FN5O2S/c1-11-7-16(27)24(2)18-17(11)25(10-21-18)8-15(26)23-19-22-14(9-28-19)12-3-5-13(20)6-4-12/h3-7,9-10,16,27H,8H2,1-2H3,(H,22,23,26). The number of anilines is 2. The number of allylic oxidation sites excluding steroid dienone is 1. The van der Waals surface area contributed by atoms with Crippen LogP contribution in [-0.2, 0) is 11.3 Å². The predicted octanol–water partition coefficient (Wildman–Crippen LogP) is 2.96. The van der Waals surface area contributed by atoms with Gasteiger partial charge in [-0.05, 0) is 42.8 Å². The summed E-state index contributed by atoms with van der Waals surface area (Å²) >= 11 is 1.31. The second-order valence-corrected chi connectivity index (χ2v) is 7.37. The number of nitrogens with one attached hydrogen (secondary N) is 1. The SMILES string of the molecule is CC1=CC(O)N(C)c2ncn(CC(=O)Nc3nc(-c4ccc(F)cc4)cs3)c21. The molecule has 2 N–H and O–H groups in total. The van der Waals surface area contributed by atoms with Gasteiger partial charge in [-0.2, -0.15) is 0 Å². The molecule has 4 rings (SSSR count). The molecule has 1 amide bonds. The zero-order chi connectivity index (χ0) is 19.8. The van der Waals surface area contributed by atoms with Crippen LogP contribution in [0.1, 0.15) is 12.6 Å². The van der Waals surface area contributed by atoms with Gasteiger partial charge < -0.3 is 19.9 Å². The lowest BCUT2D eigenvalue weighted by Gasteiger charge is -2.27. The maximum absolute atomic E-state index is 13.1. The molecule has 9 heteroatoms. The van der Waals surface area contributed by atoms with Crippen molar-refractivity contribution in [2.75, 3.05) is 17.3 Å². The van der Waals surface area contributed by atoms with Crippen molar-refractivity contribution in [1.82, 2.24) is 14.5 Å². The number of rotatable bonds is 4. The van der Waals surface area contributed by atoms with Crippen molar-refractivity contribution in [2.45, 2.75) is 19.7 Å². The lowest BCUT2D eigenvalue weighted by atomic mass is 10.1. The Balaban J connectivity index is 1.48. The third-order valence-corrected chi connectivity index (χ3v) is 5.28. The van der Waals surface area contributed by atoms with Gasteiger partial charge in [0.25, 0.3) is 0 Å². The van der Waals surface area contributed by atoms with Gasteiger partial charge in [-0.15, -0.1) is 11.3 Å². The third-order valence-electron chi connectivity index (χ3n) is 4.53. The first-order valence-electron chi connectivity index (χ1n) is 8.58. The number of halogens is 1. The minimum Gasteiger partial charge on any atom is -0.370 e. The van der Waals surface area contributed by atoms with E-state index in [0.29, 0.717) is 16.6 Å². The van der Waals surface area contributed by atoms with Crippen molar-refractivity contribution in [1.29, 1.82) is 0 Å². The molecule has 0 radical (unpaired) electrons. The molecule has 0 saturated carbocycles. The van der Waals surface area contributed by atoms with E-state index in [1.807, 2.05) is 12.3 Å². The number of hydrogen-bond donors (Lipinski definition) is 2. The summed E-state index contributed by atoms with van der Waals surface area (Å²) in [6.07, 6.45) is 2.57. The average molecular weight is 399 g/mol. The number of fused-ring (bicyclic) bond motifs is 1. The van der Waals surface area contributed by atoms with Crippen LogP contribution in [0.15, 0.2) is 42.0 Å². The summed E-state index contributed by atoms with van der Waals surface area (Å²) in [7, 11) is 1.75. The Morgan fingerprint density at radius 1 is 1.36 bits per heavy atom. The quantitative estimate of drug-likeness (QED) is 0.705. The highest BCUT2D eigenvalue weighted by atomic mass is 32.1. The zero-order valence-corrected chi connectivity index (χ0v) is 16.1. The van der Waals surface area contributed by atoms with Crippen LogP contribution in [0, 0.1) is 5.82 Å². The minimum absolute atomic E-state index is 0.0723. The van der Waals surface area contributed by atoms with E-state index in [1.54, 1.807) is 41.1 Å². The number of aliphatic hydroxyl groups is 1. The van der Waals surface area contributed by atoms with Crippen molar-refractivity contribution in [2.24, 2.45) is 0 Å². The molecule has 3 heterocycles. The lowest BCUT2D eigenvalue weighted by Crippen LogP contribution is -2.33. The van der Waals surface area contributed by atoms with Gasteiger partial charge in [0, 0.05) is 18.0 Å². The predicted molar refractivity (Wildman–Crippen MR) is 106 cm³/mol. The van der Waals surface area contributed by atoms with Gasteiger partial charge in [0.15, 0.2) is 10.9 Å². The molecule has 0 bridgehead atoms. The van der Waals surface area contributed by atoms with E-state index in [-0.39, 0.29) is 18.3 Å². The van der Waals surface area contributed by atoms with E-state index in [4.69, 9.17) is 0 Å². The van der Waals surface area contributed by atoms with Crippen molar-refractivity contribution < 1.29 is 14.3 Å². The number of thiazole rings is 1. The fraction of sp³-hybridized carbons (Fsp3) is 0.211. The maximum atomic E-state index is 13.1. The molecule has 1 aliphatic heterocycles. The number of nitrogens with zero attached hydrogens (tertiary/aromatic N) is 4. The summed E-state index contributed by atoms with van der Waals surface area (Å²) in [6, 6.07) is 6.04. The van der Waals surface area contributed by atoms with Crippen LogP contribution in [-0.4, -0.2) is 38.8 Å². The Bertz CT molecular complexity index is 1060.